The number of carbonyl (C=O) groups is 1. The van der Waals surface area contributed by atoms with Gasteiger partial charge in [0.15, 0.2) is 11.6 Å². The number of β-amino-alcohol motifs (C(OH)–C–C–N with tert-alkyl or cyclic N) is 1. The molecule has 2 aliphatic heterocycles. The molecule has 26 heavy (non-hydrogen) atoms. The molecule has 10 nitrogen and oxygen atoms in total. The first-order valence-electron chi connectivity index (χ1n) is 8.69. The molecule has 1 saturated heterocycles. The number of aliphatic hydroxyl groups excluding tert-OH is 2. The van der Waals surface area contributed by atoms with Gasteiger partial charge in [-0.25, -0.2) is 9.97 Å². The lowest BCUT2D eigenvalue weighted by Gasteiger charge is -2.34. The number of carbonyl (C=O) groups excluding carboxylic acids is 1. The molecule has 0 spiro atoms. The highest BCUT2D eigenvalue weighted by Crippen LogP contribution is 2.34. The van der Waals surface area contributed by atoms with Gasteiger partial charge in [-0.2, -0.15) is 0 Å². The van der Waals surface area contributed by atoms with E-state index < -0.39 is 24.8 Å². The van der Waals surface area contributed by atoms with Crippen molar-refractivity contribution in [2.45, 2.75) is 25.7 Å². The number of morpholine rings is 1. The Kier molecular flexibility index (Phi) is 5.99. The van der Waals surface area contributed by atoms with Crippen molar-refractivity contribution >= 4 is 11.7 Å². The molecule has 3 heterocycles. The third-order valence-corrected chi connectivity index (χ3v) is 4.41. The van der Waals surface area contributed by atoms with Gasteiger partial charge in [0.2, 0.25) is 6.23 Å². The molecule has 1 aromatic heterocycles. The molecule has 2 unspecified atom stereocenters. The summed E-state index contributed by atoms with van der Waals surface area (Å²) in [6.45, 7) is 5.07. The summed E-state index contributed by atoms with van der Waals surface area (Å²) in [5.41, 5.74) is 6.48. The molecule has 3 rings (SSSR count). The Morgan fingerprint density at radius 2 is 2.08 bits per heavy atom. The van der Waals surface area contributed by atoms with Crippen molar-refractivity contribution in [3.63, 3.8) is 0 Å². The van der Waals surface area contributed by atoms with Crippen molar-refractivity contribution < 1.29 is 24.5 Å². The fourth-order valence-corrected chi connectivity index (χ4v) is 3.05. The first kappa shape index (κ1) is 18.9. The second-order valence-corrected chi connectivity index (χ2v) is 6.40. The van der Waals surface area contributed by atoms with Gasteiger partial charge in [0.05, 0.1) is 38.2 Å². The van der Waals surface area contributed by atoms with Gasteiger partial charge in [-0.15, -0.1) is 0 Å². The number of hydrogen-bond acceptors (Lipinski definition) is 9. The average molecular weight is 367 g/mol. The topological polar surface area (TPSA) is 134 Å². The summed E-state index contributed by atoms with van der Waals surface area (Å²) in [6.07, 6.45) is -1.67. The number of anilines is 1. The van der Waals surface area contributed by atoms with Crippen molar-refractivity contribution in [2.75, 3.05) is 50.9 Å². The van der Waals surface area contributed by atoms with Crippen LogP contribution in [0.2, 0.25) is 0 Å². The van der Waals surface area contributed by atoms with E-state index in [0.29, 0.717) is 36.9 Å². The van der Waals surface area contributed by atoms with Gasteiger partial charge in [0.1, 0.15) is 5.82 Å². The summed E-state index contributed by atoms with van der Waals surface area (Å²) in [7, 11) is 0. The number of rotatable bonds is 6. The molecule has 10 heteroatoms. The van der Waals surface area contributed by atoms with Crippen molar-refractivity contribution in [2.24, 2.45) is 5.73 Å². The average Bonchev–Trinajstić information content (AvgIpc) is 2.65. The number of aryl methyl sites for hydroxylation is 1. The second kappa shape index (κ2) is 8.23. The van der Waals surface area contributed by atoms with Crippen LogP contribution in [-0.4, -0.2) is 89.3 Å². The van der Waals surface area contributed by atoms with Gasteiger partial charge in [-0.1, -0.05) is 0 Å². The fourth-order valence-electron chi connectivity index (χ4n) is 3.05. The molecule has 144 valence electrons. The van der Waals surface area contributed by atoms with Crippen LogP contribution < -0.4 is 15.4 Å². The molecule has 2 atom stereocenters. The fraction of sp³-hybridized carbons (Fsp3) is 0.688. The minimum atomic E-state index is -1.19. The van der Waals surface area contributed by atoms with Gasteiger partial charge in [0.25, 0.3) is 5.91 Å². The van der Waals surface area contributed by atoms with Crippen molar-refractivity contribution in [3.8, 4) is 5.75 Å². The number of aliphatic hydroxyl groups is 2. The normalized spacial score (nSPS) is 22.1. The molecule has 2 aliphatic rings. The summed E-state index contributed by atoms with van der Waals surface area (Å²) in [5.74, 6) is 0.632. The Bertz CT molecular complexity index is 652. The largest absolute Gasteiger partial charge is 0.460 e. The zero-order valence-corrected chi connectivity index (χ0v) is 14.8. The quantitative estimate of drug-likeness (QED) is 0.523. The van der Waals surface area contributed by atoms with Gasteiger partial charge < -0.3 is 19.7 Å². The van der Waals surface area contributed by atoms with Crippen LogP contribution in [0, 0.1) is 6.92 Å². The smallest absolute Gasteiger partial charge is 0.284 e. The summed E-state index contributed by atoms with van der Waals surface area (Å²) < 4.78 is 10.9. The molecule has 0 saturated carbocycles. The maximum atomic E-state index is 12.4. The van der Waals surface area contributed by atoms with Gasteiger partial charge in [0, 0.05) is 26.1 Å². The zero-order chi connectivity index (χ0) is 18.7. The third kappa shape index (κ3) is 4.10. The van der Waals surface area contributed by atoms with Crippen molar-refractivity contribution in [1.29, 1.82) is 0 Å². The van der Waals surface area contributed by atoms with E-state index >= 15 is 0 Å². The molecule has 1 amide bonds. The molecule has 0 aromatic carbocycles. The Labute approximate surface area is 151 Å². The highest BCUT2D eigenvalue weighted by molar-refractivity contribution is 5.98. The van der Waals surface area contributed by atoms with Crippen LogP contribution in [0.3, 0.4) is 0 Å². The molecule has 0 aliphatic carbocycles. The molecule has 1 fully saturated rings. The molecule has 0 bridgehead atoms. The molecule has 4 N–H and O–H groups in total. The Morgan fingerprint density at radius 1 is 1.35 bits per heavy atom. The van der Waals surface area contributed by atoms with Crippen LogP contribution in [0.15, 0.2) is 0 Å². The molecule has 1 aromatic rings. The summed E-state index contributed by atoms with van der Waals surface area (Å²) in [6, 6.07) is 0. The molecular formula is C16H25N5O5. The minimum absolute atomic E-state index is 0.112. The van der Waals surface area contributed by atoms with Crippen LogP contribution in [0.4, 0.5) is 5.82 Å². The van der Waals surface area contributed by atoms with Crippen LogP contribution in [-0.2, 0) is 16.0 Å². The van der Waals surface area contributed by atoms with E-state index in [-0.39, 0.29) is 12.4 Å². The Morgan fingerprint density at radius 3 is 2.77 bits per heavy atom. The lowest BCUT2D eigenvalue weighted by molar-refractivity contribution is -0.126. The van der Waals surface area contributed by atoms with Crippen LogP contribution in [0.25, 0.3) is 0 Å². The highest BCUT2D eigenvalue weighted by atomic mass is 16.5. The SMILES string of the molecule is Cc1nc(CCN2CCOCC2)c2c(n1)N(CC(O)CO)C(=O)C(N)O2. The van der Waals surface area contributed by atoms with Gasteiger partial charge in [-0.05, 0) is 6.92 Å². The number of fused-ring (bicyclic) bond motifs is 1. The van der Waals surface area contributed by atoms with Gasteiger partial charge >= 0.3 is 0 Å². The summed E-state index contributed by atoms with van der Waals surface area (Å²) in [5, 5.41) is 18.9. The van der Waals surface area contributed by atoms with E-state index in [9.17, 15) is 9.90 Å². The number of nitrogens with zero attached hydrogens (tertiary/aromatic N) is 4. The molecular weight excluding hydrogens is 342 g/mol. The third-order valence-electron chi connectivity index (χ3n) is 4.41. The van der Waals surface area contributed by atoms with E-state index in [4.69, 9.17) is 20.3 Å². The van der Waals surface area contributed by atoms with Crippen LogP contribution >= 0.6 is 0 Å². The summed E-state index contributed by atoms with van der Waals surface area (Å²) in [4.78, 5) is 24.7. The van der Waals surface area contributed by atoms with E-state index in [1.807, 2.05) is 0 Å². The van der Waals surface area contributed by atoms with Crippen molar-refractivity contribution in [3.05, 3.63) is 11.5 Å². The van der Waals surface area contributed by atoms with E-state index in [1.165, 1.54) is 4.90 Å². The predicted octanol–water partition coefficient (Wildman–Crippen LogP) is -1.98. The number of hydrogen-bond donors (Lipinski definition) is 3. The van der Waals surface area contributed by atoms with E-state index in [1.54, 1.807) is 6.92 Å². The van der Waals surface area contributed by atoms with Crippen LogP contribution in [0.5, 0.6) is 5.75 Å². The Balaban J connectivity index is 1.85. The molecule has 0 radical (unpaired) electrons. The first-order valence-corrected chi connectivity index (χ1v) is 8.69. The number of ether oxygens (including phenoxy) is 2. The van der Waals surface area contributed by atoms with E-state index in [2.05, 4.69) is 14.9 Å². The zero-order valence-electron chi connectivity index (χ0n) is 14.8. The van der Waals surface area contributed by atoms with Gasteiger partial charge in [-0.3, -0.25) is 20.3 Å². The second-order valence-electron chi connectivity index (χ2n) is 6.40. The standard InChI is InChI=1S/C16H25N5O5/c1-10-18-12(2-3-20-4-6-25-7-5-20)13-15(19-10)21(8-11(23)9-22)16(24)14(17)26-13/h11,14,22-23H,2-9,17H2,1H3. The lowest BCUT2D eigenvalue weighted by Crippen LogP contribution is -2.53. The lowest BCUT2D eigenvalue weighted by atomic mass is 10.2. The number of nitrogens with two attached hydrogens (primary N) is 1. The number of aromatic nitrogens is 2. The number of amides is 1. The monoisotopic (exact) mass is 367 g/mol. The first-order chi connectivity index (χ1) is 12.5. The maximum Gasteiger partial charge on any atom is 0.284 e. The van der Waals surface area contributed by atoms with Crippen LogP contribution in [0.1, 0.15) is 11.5 Å². The summed E-state index contributed by atoms with van der Waals surface area (Å²) >= 11 is 0. The predicted molar refractivity (Wildman–Crippen MR) is 91.8 cm³/mol. The Hall–Kier alpha value is -1.85. The highest BCUT2D eigenvalue weighted by Gasteiger charge is 2.36. The van der Waals surface area contributed by atoms with Crippen molar-refractivity contribution in [1.82, 2.24) is 14.9 Å². The minimum Gasteiger partial charge on any atom is -0.460 e. The van der Waals surface area contributed by atoms with E-state index in [0.717, 1.165) is 19.6 Å². The maximum absolute atomic E-state index is 12.4.